The minimum atomic E-state index is -0.293. The Hall–Kier alpha value is -2.25. The van der Waals surface area contributed by atoms with Crippen molar-refractivity contribution in [2.24, 2.45) is 5.92 Å². The number of carbonyl (C=O) groups is 2. The fraction of sp³-hybridized carbons (Fsp3) is 0.429. The molecule has 1 saturated heterocycles. The first-order valence-corrected chi connectivity index (χ1v) is 10.6. The number of amides is 2. The average molecular weight is 402 g/mol. The Morgan fingerprint density at radius 2 is 1.82 bits per heavy atom. The lowest BCUT2D eigenvalue weighted by molar-refractivity contribution is -0.134. The third-order valence-corrected chi connectivity index (χ3v) is 6.25. The van der Waals surface area contributed by atoms with E-state index in [9.17, 15) is 14.0 Å². The summed E-state index contributed by atoms with van der Waals surface area (Å²) >= 11 is 1.56. The van der Waals surface area contributed by atoms with Crippen molar-refractivity contribution in [2.45, 2.75) is 18.9 Å². The summed E-state index contributed by atoms with van der Waals surface area (Å²) in [7, 11) is 0. The number of hydrogen-bond acceptors (Lipinski definition) is 4. The van der Waals surface area contributed by atoms with Crippen molar-refractivity contribution in [1.29, 1.82) is 0 Å². The van der Waals surface area contributed by atoms with Crippen LogP contribution in [-0.4, -0.2) is 54.3 Å². The summed E-state index contributed by atoms with van der Waals surface area (Å²) in [6.45, 7) is 3.11. The molecule has 1 aromatic carbocycles. The van der Waals surface area contributed by atoms with Crippen molar-refractivity contribution in [3.8, 4) is 0 Å². The molecule has 1 saturated carbocycles. The molecular weight excluding hydrogens is 377 g/mol. The lowest BCUT2D eigenvalue weighted by Gasteiger charge is -2.34. The molecule has 1 N–H and O–H groups in total. The van der Waals surface area contributed by atoms with E-state index in [4.69, 9.17) is 0 Å². The smallest absolute Gasteiger partial charge is 0.234 e. The van der Waals surface area contributed by atoms with Gasteiger partial charge < -0.3 is 10.2 Å². The van der Waals surface area contributed by atoms with Crippen LogP contribution in [0.3, 0.4) is 0 Å². The molecule has 28 heavy (non-hydrogen) atoms. The first-order chi connectivity index (χ1) is 13.6. The molecule has 2 fully saturated rings. The van der Waals surface area contributed by atoms with Crippen LogP contribution in [0, 0.1) is 11.7 Å². The number of benzene rings is 1. The largest absolute Gasteiger partial charge is 0.343 e. The van der Waals surface area contributed by atoms with E-state index >= 15 is 0 Å². The Morgan fingerprint density at radius 3 is 2.43 bits per heavy atom. The number of hydrogen-bond donors (Lipinski definition) is 1. The Balaban J connectivity index is 1.34. The first-order valence-electron chi connectivity index (χ1n) is 9.69. The van der Waals surface area contributed by atoms with Gasteiger partial charge in [-0.05, 0) is 42.0 Å². The van der Waals surface area contributed by atoms with Gasteiger partial charge in [0.15, 0.2) is 0 Å². The van der Waals surface area contributed by atoms with Gasteiger partial charge in [0, 0.05) is 37.0 Å². The molecule has 148 valence electrons. The van der Waals surface area contributed by atoms with Crippen LogP contribution < -0.4 is 5.32 Å². The van der Waals surface area contributed by atoms with Crippen molar-refractivity contribution in [3.63, 3.8) is 0 Å². The molecule has 0 bridgehead atoms. The molecule has 1 atom stereocenters. The quantitative estimate of drug-likeness (QED) is 0.810. The van der Waals surface area contributed by atoms with Gasteiger partial charge in [-0.1, -0.05) is 18.2 Å². The van der Waals surface area contributed by atoms with E-state index in [2.05, 4.69) is 10.2 Å². The predicted molar refractivity (Wildman–Crippen MR) is 106 cm³/mol. The van der Waals surface area contributed by atoms with Crippen LogP contribution in [-0.2, 0) is 9.59 Å². The summed E-state index contributed by atoms with van der Waals surface area (Å²) in [5, 5.41) is 5.06. The highest BCUT2D eigenvalue weighted by Gasteiger charge is 2.34. The number of piperazine rings is 1. The highest BCUT2D eigenvalue weighted by molar-refractivity contribution is 7.10. The Bertz CT molecular complexity index is 813. The number of nitrogens with zero attached hydrogens (tertiary/aromatic N) is 2. The molecule has 1 aromatic heterocycles. The van der Waals surface area contributed by atoms with E-state index in [0.29, 0.717) is 32.7 Å². The Morgan fingerprint density at radius 1 is 1.11 bits per heavy atom. The number of carbonyl (C=O) groups excluding carboxylic acids is 2. The zero-order valence-corrected chi connectivity index (χ0v) is 16.5. The fourth-order valence-electron chi connectivity index (χ4n) is 3.55. The Labute approximate surface area is 168 Å². The van der Waals surface area contributed by atoms with Gasteiger partial charge in [-0.3, -0.25) is 14.5 Å². The fourth-order valence-corrected chi connectivity index (χ4v) is 4.36. The molecule has 1 aliphatic heterocycles. The van der Waals surface area contributed by atoms with Crippen LogP contribution in [0.15, 0.2) is 41.8 Å². The van der Waals surface area contributed by atoms with Crippen molar-refractivity contribution in [1.82, 2.24) is 15.1 Å². The summed E-state index contributed by atoms with van der Waals surface area (Å²) in [5.41, 5.74) is 0.858. The predicted octanol–water partition coefficient (Wildman–Crippen LogP) is 2.65. The van der Waals surface area contributed by atoms with Crippen molar-refractivity contribution in [2.75, 3.05) is 32.7 Å². The van der Waals surface area contributed by atoms with E-state index in [1.54, 1.807) is 23.5 Å². The zero-order chi connectivity index (χ0) is 19.5. The van der Waals surface area contributed by atoms with E-state index in [1.807, 2.05) is 22.4 Å². The molecule has 1 unspecified atom stereocenters. The van der Waals surface area contributed by atoms with Gasteiger partial charge in [0.05, 0.1) is 12.6 Å². The molecule has 7 heteroatoms. The van der Waals surface area contributed by atoms with Gasteiger partial charge in [-0.25, -0.2) is 4.39 Å². The third-order valence-electron chi connectivity index (χ3n) is 5.31. The molecule has 4 rings (SSSR count). The lowest BCUT2D eigenvalue weighted by atomic mass is 10.1. The molecule has 5 nitrogen and oxygen atoms in total. The van der Waals surface area contributed by atoms with E-state index in [-0.39, 0.29) is 29.6 Å². The van der Waals surface area contributed by atoms with Gasteiger partial charge in [-0.15, -0.1) is 11.3 Å². The highest BCUT2D eigenvalue weighted by Crippen LogP contribution is 2.31. The van der Waals surface area contributed by atoms with Crippen LogP contribution in [0.5, 0.6) is 0 Å². The van der Waals surface area contributed by atoms with Crippen LogP contribution >= 0.6 is 11.3 Å². The van der Waals surface area contributed by atoms with Gasteiger partial charge in [0.2, 0.25) is 11.8 Å². The SMILES string of the molecule is O=C(CN1CCN(C(=O)C2CC2)CC1)NC(c1ccc(F)cc1)c1cccs1. The van der Waals surface area contributed by atoms with E-state index in [0.717, 1.165) is 23.3 Å². The molecule has 1 aliphatic carbocycles. The number of rotatable bonds is 6. The second-order valence-corrected chi connectivity index (χ2v) is 8.42. The number of nitrogens with one attached hydrogen (secondary N) is 1. The van der Waals surface area contributed by atoms with Crippen molar-refractivity contribution in [3.05, 3.63) is 58.0 Å². The maximum Gasteiger partial charge on any atom is 0.234 e. The second-order valence-electron chi connectivity index (χ2n) is 7.44. The van der Waals surface area contributed by atoms with Gasteiger partial charge in [0.25, 0.3) is 0 Å². The summed E-state index contributed by atoms with van der Waals surface area (Å²) in [6.07, 6.45) is 2.05. The van der Waals surface area contributed by atoms with Crippen LogP contribution in [0.1, 0.15) is 29.3 Å². The van der Waals surface area contributed by atoms with Gasteiger partial charge in [-0.2, -0.15) is 0 Å². The van der Waals surface area contributed by atoms with Crippen LogP contribution in [0.4, 0.5) is 4.39 Å². The van der Waals surface area contributed by atoms with Crippen molar-refractivity contribution >= 4 is 23.2 Å². The lowest BCUT2D eigenvalue weighted by Crippen LogP contribution is -2.51. The monoisotopic (exact) mass is 401 g/mol. The second kappa shape index (κ2) is 8.41. The summed E-state index contributed by atoms with van der Waals surface area (Å²) in [4.78, 5) is 29.9. The summed E-state index contributed by atoms with van der Waals surface area (Å²) in [6, 6.07) is 9.88. The normalized spacial score (nSPS) is 18.7. The maximum absolute atomic E-state index is 13.3. The van der Waals surface area contributed by atoms with E-state index in [1.165, 1.54) is 12.1 Å². The molecule has 2 amide bonds. The molecule has 2 heterocycles. The van der Waals surface area contributed by atoms with Gasteiger partial charge in [0.1, 0.15) is 5.82 Å². The minimum absolute atomic E-state index is 0.0651. The Kier molecular flexibility index (Phi) is 5.73. The topological polar surface area (TPSA) is 52.7 Å². The average Bonchev–Trinajstić information content (AvgIpc) is 3.41. The van der Waals surface area contributed by atoms with Gasteiger partial charge >= 0.3 is 0 Å². The van der Waals surface area contributed by atoms with E-state index < -0.39 is 0 Å². The van der Waals surface area contributed by atoms with Crippen LogP contribution in [0.2, 0.25) is 0 Å². The number of thiophene rings is 1. The molecular formula is C21H24FN3O2S. The highest BCUT2D eigenvalue weighted by atomic mass is 32.1. The molecule has 0 spiro atoms. The zero-order valence-electron chi connectivity index (χ0n) is 15.6. The third kappa shape index (κ3) is 4.59. The van der Waals surface area contributed by atoms with Crippen LogP contribution in [0.25, 0.3) is 0 Å². The maximum atomic E-state index is 13.3. The minimum Gasteiger partial charge on any atom is -0.343 e. The standard InChI is InChI=1S/C21H24FN3O2S/c22-17-7-5-15(6-8-17)20(18-2-1-13-28-18)23-19(26)14-24-9-11-25(12-10-24)21(27)16-3-4-16/h1-2,5-8,13,16,20H,3-4,9-12,14H2,(H,23,26). The molecule has 2 aliphatic rings. The molecule has 2 aromatic rings. The number of halogens is 1. The molecule has 0 radical (unpaired) electrons. The van der Waals surface area contributed by atoms with Crippen molar-refractivity contribution < 1.29 is 14.0 Å². The summed E-state index contributed by atoms with van der Waals surface area (Å²) < 4.78 is 13.3. The summed E-state index contributed by atoms with van der Waals surface area (Å²) in [5.74, 6) is 0.165. The first kappa shape index (κ1) is 19.1.